The predicted octanol–water partition coefficient (Wildman–Crippen LogP) is 2.41. The van der Waals surface area contributed by atoms with Crippen LogP contribution in [0.2, 0.25) is 0 Å². The molecule has 3 rings (SSSR count). The Bertz CT molecular complexity index is 586. The minimum atomic E-state index is -0.143. The second-order valence-electron chi connectivity index (χ2n) is 7.11. The smallest absolute Gasteiger partial charge is 0.238 e. The van der Waals surface area contributed by atoms with Crippen molar-refractivity contribution in [2.75, 3.05) is 19.8 Å². The first-order valence-electron chi connectivity index (χ1n) is 8.41. The second-order valence-corrected chi connectivity index (χ2v) is 7.11. The predicted molar refractivity (Wildman–Crippen MR) is 88.8 cm³/mol. The quantitative estimate of drug-likeness (QED) is 0.898. The number of fused-ring (bicyclic) bond motifs is 1. The normalized spacial score (nSPS) is 23.9. The Morgan fingerprint density at radius 3 is 2.78 bits per heavy atom. The number of carbonyl (C=O) groups excluding carboxylic acids is 1. The van der Waals surface area contributed by atoms with Crippen molar-refractivity contribution in [1.82, 2.24) is 10.6 Å². The minimum absolute atomic E-state index is 0.0190. The fourth-order valence-electron chi connectivity index (χ4n) is 3.37. The van der Waals surface area contributed by atoms with E-state index in [9.17, 15) is 4.79 Å². The Kier molecular flexibility index (Phi) is 4.48. The number of ether oxygens (including phenoxy) is 2. The summed E-state index contributed by atoms with van der Waals surface area (Å²) in [6.07, 6.45) is 2.19. The summed E-state index contributed by atoms with van der Waals surface area (Å²) in [6.45, 7) is 8.35. The van der Waals surface area contributed by atoms with Crippen LogP contribution in [-0.2, 0) is 4.79 Å². The molecular formula is C18H26N2O3. The standard InChI is InChI=1S/C18H26N2O3/c1-12(13-5-6-14-15(11-13)23-10-9-22-14)20-17(21)16-18(2,3)7-4-8-19-16/h5-6,11-12,16,19H,4,7-10H2,1-3H3,(H,20,21). The lowest BCUT2D eigenvalue weighted by Gasteiger charge is -2.38. The van der Waals surface area contributed by atoms with Gasteiger partial charge in [-0.25, -0.2) is 0 Å². The highest BCUT2D eigenvalue weighted by atomic mass is 16.6. The van der Waals surface area contributed by atoms with E-state index in [-0.39, 0.29) is 23.4 Å². The summed E-state index contributed by atoms with van der Waals surface area (Å²) in [5, 5.41) is 6.49. The third-order valence-corrected chi connectivity index (χ3v) is 4.82. The highest BCUT2D eigenvalue weighted by Gasteiger charge is 2.37. The molecule has 1 fully saturated rings. The maximum absolute atomic E-state index is 12.7. The highest BCUT2D eigenvalue weighted by Crippen LogP contribution is 2.33. The van der Waals surface area contributed by atoms with Gasteiger partial charge in [-0.1, -0.05) is 19.9 Å². The van der Waals surface area contributed by atoms with E-state index in [0.717, 1.165) is 36.4 Å². The molecule has 1 saturated heterocycles. The molecule has 0 spiro atoms. The van der Waals surface area contributed by atoms with Gasteiger partial charge in [-0.15, -0.1) is 0 Å². The van der Waals surface area contributed by atoms with Crippen LogP contribution in [-0.4, -0.2) is 31.7 Å². The molecule has 0 radical (unpaired) electrons. The van der Waals surface area contributed by atoms with Crippen LogP contribution in [0.1, 0.15) is 45.2 Å². The van der Waals surface area contributed by atoms with E-state index in [1.165, 1.54) is 0 Å². The van der Waals surface area contributed by atoms with Gasteiger partial charge in [0.05, 0.1) is 12.1 Å². The fraction of sp³-hybridized carbons (Fsp3) is 0.611. The molecular weight excluding hydrogens is 292 g/mol. The molecule has 2 N–H and O–H groups in total. The average Bonchev–Trinajstić information content (AvgIpc) is 2.53. The van der Waals surface area contributed by atoms with E-state index in [4.69, 9.17) is 9.47 Å². The van der Waals surface area contributed by atoms with Crippen LogP contribution in [0.25, 0.3) is 0 Å². The Morgan fingerprint density at radius 2 is 2.04 bits per heavy atom. The molecule has 23 heavy (non-hydrogen) atoms. The van der Waals surface area contributed by atoms with Crippen molar-refractivity contribution >= 4 is 5.91 Å². The minimum Gasteiger partial charge on any atom is -0.486 e. The lowest BCUT2D eigenvalue weighted by molar-refractivity contribution is -0.127. The number of piperidine rings is 1. The van der Waals surface area contributed by atoms with Gasteiger partial charge in [-0.3, -0.25) is 4.79 Å². The summed E-state index contributed by atoms with van der Waals surface area (Å²) in [5.74, 6) is 1.59. The van der Waals surface area contributed by atoms with Gasteiger partial charge in [0, 0.05) is 0 Å². The molecule has 0 aromatic heterocycles. The van der Waals surface area contributed by atoms with E-state index in [2.05, 4.69) is 24.5 Å². The molecule has 0 bridgehead atoms. The summed E-state index contributed by atoms with van der Waals surface area (Å²) >= 11 is 0. The zero-order valence-corrected chi connectivity index (χ0v) is 14.1. The molecule has 2 unspecified atom stereocenters. The molecule has 2 atom stereocenters. The van der Waals surface area contributed by atoms with Crippen LogP contribution in [0.3, 0.4) is 0 Å². The SMILES string of the molecule is CC(NC(=O)C1NCCCC1(C)C)c1ccc2c(c1)OCCO2. The van der Waals surface area contributed by atoms with Gasteiger partial charge in [-0.05, 0) is 49.4 Å². The first-order valence-corrected chi connectivity index (χ1v) is 8.41. The molecule has 2 aliphatic heterocycles. The van der Waals surface area contributed by atoms with E-state index in [1.54, 1.807) is 0 Å². The number of nitrogens with one attached hydrogen (secondary N) is 2. The largest absolute Gasteiger partial charge is 0.486 e. The van der Waals surface area contributed by atoms with Gasteiger partial charge >= 0.3 is 0 Å². The van der Waals surface area contributed by atoms with Gasteiger partial charge in [0.1, 0.15) is 13.2 Å². The number of hydrogen-bond donors (Lipinski definition) is 2. The van der Waals surface area contributed by atoms with Gasteiger partial charge < -0.3 is 20.1 Å². The highest BCUT2D eigenvalue weighted by molar-refractivity contribution is 5.83. The molecule has 126 valence electrons. The third-order valence-electron chi connectivity index (χ3n) is 4.82. The second kappa shape index (κ2) is 6.40. The molecule has 1 amide bonds. The zero-order chi connectivity index (χ0) is 16.4. The fourth-order valence-corrected chi connectivity index (χ4v) is 3.37. The average molecular weight is 318 g/mol. The number of rotatable bonds is 3. The molecule has 0 saturated carbocycles. The van der Waals surface area contributed by atoms with Crippen LogP contribution < -0.4 is 20.1 Å². The maximum atomic E-state index is 12.7. The molecule has 1 aromatic rings. The van der Waals surface area contributed by atoms with Crippen molar-refractivity contribution in [3.63, 3.8) is 0 Å². The third kappa shape index (κ3) is 3.44. The van der Waals surface area contributed by atoms with Gasteiger partial charge in [-0.2, -0.15) is 0 Å². The number of hydrogen-bond acceptors (Lipinski definition) is 4. The Balaban J connectivity index is 1.68. The summed E-state index contributed by atoms with van der Waals surface area (Å²) < 4.78 is 11.2. The van der Waals surface area contributed by atoms with Crippen LogP contribution in [0, 0.1) is 5.41 Å². The van der Waals surface area contributed by atoms with Crippen molar-refractivity contribution in [1.29, 1.82) is 0 Å². The molecule has 5 nitrogen and oxygen atoms in total. The Hall–Kier alpha value is -1.75. The van der Waals surface area contributed by atoms with E-state index in [1.807, 2.05) is 25.1 Å². The van der Waals surface area contributed by atoms with Crippen LogP contribution in [0.4, 0.5) is 0 Å². The number of amides is 1. The van der Waals surface area contributed by atoms with Gasteiger partial charge in [0.25, 0.3) is 0 Å². The van der Waals surface area contributed by atoms with E-state index in [0.29, 0.717) is 13.2 Å². The van der Waals surface area contributed by atoms with E-state index >= 15 is 0 Å². The molecule has 1 aromatic carbocycles. The lowest BCUT2D eigenvalue weighted by Crippen LogP contribution is -2.55. The van der Waals surface area contributed by atoms with Crippen molar-refractivity contribution in [3.05, 3.63) is 23.8 Å². The topological polar surface area (TPSA) is 59.6 Å². The van der Waals surface area contributed by atoms with E-state index < -0.39 is 0 Å². The Morgan fingerprint density at radius 1 is 1.30 bits per heavy atom. The summed E-state index contributed by atoms with van der Waals surface area (Å²) in [5.41, 5.74) is 1.01. The molecule has 2 aliphatic rings. The first-order chi connectivity index (χ1) is 11.0. The number of benzene rings is 1. The summed E-state index contributed by atoms with van der Waals surface area (Å²) in [6, 6.07) is 5.64. The summed E-state index contributed by atoms with van der Waals surface area (Å²) in [7, 11) is 0. The van der Waals surface area contributed by atoms with Gasteiger partial charge in [0.15, 0.2) is 11.5 Å². The van der Waals surface area contributed by atoms with Crippen molar-refractivity contribution in [3.8, 4) is 11.5 Å². The first kappa shape index (κ1) is 16.1. The van der Waals surface area contributed by atoms with Crippen molar-refractivity contribution < 1.29 is 14.3 Å². The monoisotopic (exact) mass is 318 g/mol. The molecule has 5 heteroatoms. The van der Waals surface area contributed by atoms with Crippen LogP contribution >= 0.6 is 0 Å². The van der Waals surface area contributed by atoms with Crippen LogP contribution in [0.15, 0.2) is 18.2 Å². The van der Waals surface area contributed by atoms with Gasteiger partial charge in [0.2, 0.25) is 5.91 Å². The maximum Gasteiger partial charge on any atom is 0.238 e. The van der Waals surface area contributed by atoms with Crippen molar-refractivity contribution in [2.24, 2.45) is 5.41 Å². The molecule has 2 heterocycles. The lowest BCUT2D eigenvalue weighted by atomic mass is 9.77. The Labute approximate surface area is 137 Å². The van der Waals surface area contributed by atoms with Crippen molar-refractivity contribution in [2.45, 2.75) is 45.7 Å². The zero-order valence-electron chi connectivity index (χ0n) is 14.1. The van der Waals surface area contributed by atoms with Crippen LogP contribution in [0.5, 0.6) is 11.5 Å². The summed E-state index contributed by atoms with van der Waals surface area (Å²) in [4.78, 5) is 12.7. The molecule has 0 aliphatic carbocycles. The number of carbonyl (C=O) groups is 1.